The van der Waals surface area contributed by atoms with E-state index < -0.39 is 0 Å². The molecule has 0 N–H and O–H groups in total. The van der Waals surface area contributed by atoms with E-state index in [-0.39, 0.29) is 0 Å². The Hall–Kier alpha value is -2.91. The van der Waals surface area contributed by atoms with Gasteiger partial charge in [0.2, 0.25) is 0 Å². The van der Waals surface area contributed by atoms with Crippen molar-refractivity contribution < 1.29 is 4.74 Å². The number of ether oxygens (including phenoxy) is 1. The van der Waals surface area contributed by atoms with Crippen LogP contribution in [0.2, 0.25) is 0 Å². The van der Waals surface area contributed by atoms with Crippen LogP contribution in [0.4, 0.5) is 5.69 Å². The second kappa shape index (κ2) is 9.07. The van der Waals surface area contributed by atoms with Crippen molar-refractivity contribution in [2.45, 2.75) is 31.2 Å². The van der Waals surface area contributed by atoms with Gasteiger partial charge in [-0.3, -0.25) is 9.89 Å². The van der Waals surface area contributed by atoms with Crippen LogP contribution in [0.3, 0.4) is 0 Å². The number of aliphatic imine (C=N–C) groups is 1. The van der Waals surface area contributed by atoms with Crippen LogP contribution in [0.15, 0.2) is 83.9 Å². The SMILES string of the molecule is COc1ccccc1C=Nc1cccc(C(c2ccccc2)C2CC3CCN2CC3)c1. The zero-order chi connectivity index (χ0) is 21.0. The molecular weight excluding hydrogens is 380 g/mol. The Labute approximate surface area is 185 Å². The summed E-state index contributed by atoms with van der Waals surface area (Å²) in [6, 6.07) is 28.4. The molecular formula is C28H30N2O. The number of rotatable bonds is 6. The zero-order valence-electron chi connectivity index (χ0n) is 18.2. The van der Waals surface area contributed by atoms with Crippen molar-refractivity contribution in [3.8, 4) is 5.75 Å². The average Bonchev–Trinajstić information content (AvgIpc) is 2.85. The van der Waals surface area contributed by atoms with Crippen molar-refractivity contribution in [1.29, 1.82) is 0 Å². The summed E-state index contributed by atoms with van der Waals surface area (Å²) >= 11 is 0. The van der Waals surface area contributed by atoms with Gasteiger partial charge in [-0.1, -0.05) is 54.6 Å². The molecule has 2 bridgehead atoms. The fourth-order valence-corrected chi connectivity index (χ4v) is 5.37. The molecule has 2 unspecified atom stereocenters. The number of hydrogen-bond donors (Lipinski definition) is 0. The van der Waals surface area contributed by atoms with Gasteiger partial charge in [0.05, 0.1) is 12.8 Å². The number of fused-ring (bicyclic) bond motifs is 3. The van der Waals surface area contributed by atoms with Gasteiger partial charge in [0.15, 0.2) is 0 Å². The number of hydrogen-bond acceptors (Lipinski definition) is 3. The fraction of sp³-hybridized carbons (Fsp3) is 0.321. The summed E-state index contributed by atoms with van der Waals surface area (Å²) in [5.41, 5.74) is 4.75. The molecule has 0 spiro atoms. The van der Waals surface area contributed by atoms with E-state index in [2.05, 4.69) is 59.5 Å². The van der Waals surface area contributed by atoms with Gasteiger partial charge < -0.3 is 4.74 Å². The monoisotopic (exact) mass is 410 g/mol. The highest BCUT2D eigenvalue weighted by Crippen LogP contribution is 2.42. The molecule has 3 heterocycles. The first-order chi connectivity index (χ1) is 15.3. The molecule has 0 amide bonds. The quantitative estimate of drug-likeness (QED) is 0.461. The minimum absolute atomic E-state index is 0.380. The smallest absolute Gasteiger partial charge is 0.127 e. The van der Waals surface area contributed by atoms with Crippen molar-refractivity contribution in [2.75, 3.05) is 20.2 Å². The minimum Gasteiger partial charge on any atom is -0.496 e. The first-order valence-electron chi connectivity index (χ1n) is 11.4. The highest BCUT2D eigenvalue weighted by molar-refractivity contribution is 5.85. The van der Waals surface area contributed by atoms with E-state index in [4.69, 9.17) is 9.73 Å². The summed E-state index contributed by atoms with van der Waals surface area (Å²) in [7, 11) is 1.70. The van der Waals surface area contributed by atoms with Crippen LogP contribution in [0.1, 0.15) is 41.9 Å². The summed E-state index contributed by atoms with van der Waals surface area (Å²) in [6.07, 6.45) is 5.93. The van der Waals surface area contributed by atoms with Crippen LogP contribution in [-0.4, -0.2) is 37.4 Å². The van der Waals surface area contributed by atoms with Crippen LogP contribution in [0.5, 0.6) is 5.75 Å². The highest BCUT2D eigenvalue weighted by Gasteiger charge is 2.39. The predicted octanol–water partition coefficient (Wildman–Crippen LogP) is 6.06. The predicted molar refractivity (Wildman–Crippen MR) is 128 cm³/mol. The van der Waals surface area contributed by atoms with Gasteiger partial charge >= 0.3 is 0 Å². The molecule has 0 radical (unpaired) electrons. The van der Waals surface area contributed by atoms with Gasteiger partial charge in [-0.15, -0.1) is 0 Å². The normalized spacial score (nSPS) is 23.7. The van der Waals surface area contributed by atoms with Crippen LogP contribution >= 0.6 is 0 Å². The number of nitrogens with zero attached hydrogens (tertiary/aromatic N) is 2. The van der Waals surface area contributed by atoms with Gasteiger partial charge in [-0.05, 0) is 73.7 Å². The Morgan fingerprint density at radius 1 is 0.903 bits per heavy atom. The topological polar surface area (TPSA) is 24.8 Å². The van der Waals surface area contributed by atoms with Gasteiger partial charge in [-0.25, -0.2) is 0 Å². The van der Waals surface area contributed by atoms with Crippen molar-refractivity contribution in [2.24, 2.45) is 10.9 Å². The first-order valence-corrected chi connectivity index (χ1v) is 11.4. The molecule has 3 nitrogen and oxygen atoms in total. The summed E-state index contributed by atoms with van der Waals surface area (Å²) in [5, 5.41) is 0. The molecule has 0 saturated carbocycles. The Morgan fingerprint density at radius 2 is 1.65 bits per heavy atom. The molecule has 2 atom stereocenters. The molecule has 31 heavy (non-hydrogen) atoms. The molecule has 158 valence electrons. The van der Waals surface area contributed by atoms with E-state index in [0.717, 1.165) is 22.9 Å². The maximum absolute atomic E-state index is 5.46. The maximum Gasteiger partial charge on any atom is 0.127 e. The Balaban J connectivity index is 1.48. The summed E-state index contributed by atoms with van der Waals surface area (Å²) in [4.78, 5) is 7.52. The molecule has 3 fully saturated rings. The zero-order valence-corrected chi connectivity index (χ0v) is 18.2. The molecule has 0 aromatic heterocycles. The number of methoxy groups -OCH3 is 1. The lowest BCUT2D eigenvalue weighted by molar-refractivity contribution is 0.0411. The first kappa shape index (κ1) is 20.0. The molecule has 3 heteroatoms. The van der Waals surface area contributed by atoms with Gasteiger partial charge in [0, 0.05) is 23.7 Å². The summed E-state index contributed by atoms with van der Waals surface area (Å²) in [5.74, 6) is 2.11. The van der Waals surface area contributed by atoms with Crippen molar-refractivity contribution in [1.82, 2.24) is 4.90 Å². The van der Waals surface area contributed by atoms with Gasteiger partial charge in [-0.2, -0.15) is 0 Å². The molecule has 3 aliphatic heterocycles. The van der Waals surface area contributed by atoms with E-state index in [1.165, 1.54) is 43.5 Å². The second-order valence-electron chi connectivity index (χ2n) is 8.77. The Morgan fingerprint density at radius 3 is 2.39 bits per heavy atom. The number of para-hydroxylation sites is 1. The molecule has 3 saturated heterocycles. The number of piperidine rings is 3. The third-order valence-corrected chi connectivity index (χ3v) is 6.96. The van der Waals surface area contributed by atoms with Crippen LogP contribution in [0.25, 0.3) is 0 Å². The standard InChI is InChI=1S/C28H30N2O/c1-31-27-13-6-5-10-24(27)20-29-25-12-7-11-23(19-25)28(22-8-3-2-4-9-22)26-18-21-14-16-30(26)17-15-21/h2-13,19-21,26,28H,14-18H2,1H3. The van der Waals surface area contributed by atoms with Crippen molar-refractivity contribution in [3.05, 3.63) is 95.6 Å². The molecule has 3 aromatic carbocycles. The molecule has 6 rings (SSSR count). The van der Waals surface area contributed by atoms with Crippen LogP contribution in [-0.2, 0) is 0 Å². The third kappa shape index (κ3) is 4.28. The Bertz CT molecular complexity index is 1040. The summed E-state index contributed by atoms with van der Waals surface area (Å²) in [6.45, 7) is 2.48. The second-order valence-corrected chi connectivity index (χ2v) is 8.77. The van der Waals surface area contributed by atoms with Gasteiger partial charge in [0.1, 0.15) is 5.75 Å². The fourth-order valence-electron chi connectivity index (χ4n) is 5.37. The lowest BCUT2D eigenvalue weighted by Crippen LogP contribution is -2.51. The highest BCUT2D eigenvalue weighted by atomic mass is 16.5. The van der Waals surface area contributed by atoms with Crippen molar-refractivity contribution >= 4 is 11.9 Å². The summed E-state index contributed by atoms with van der Waals surface area (Å²) < 4.78 is 5.46. The lowest BCUT2D eigenvalue weighted by atomic mass is 9.74. The van der Waals surface area contributed by atoms with Crippen LogP contribution in [0, 0.1) is 5.92 Å². The minimum atomic E-state index is 0.380. The molecule has 0 aliphatic carbocycles. The average molecular weight is 411 g/mol. The van der Waals surface area contributed by atoms with Gasteiger partial charge in [0.25, 0.3) is 0 Å². The molecule has 3 aliphatic rings. The largest absolute Gasteiger partial charge is 0.496 e. The number of benzene rings is 3. The van der Waals surface area contributed by atoms with E-state index in [9.17, 15) is 0 Å². The third-order valence-electron chi connectivity index (χ3n) is 6.96. The van der Waals surface area contributed by atoms with E-state index in [0.29, 0.717) is 12.0 Å². The van der Waals surface area contributed by atoms with E-state index in [1.807, 2.05) is 30.5 Å². The molecule has 3 aromatic rings. The van der Waals surface area contributed by atoms with E-state index in [1.54, 1.807) is 7.11 Å². The Kier molecular flexibility index (Phi) is 5.86. The van der Waals surface area contributed by atoms with E-state index >= 15 is 0 Å². The van der Waals surface area contributed by atoms with Crippen molar-refractivity contribution in [3.63, 3.8) is 0 Å². The van der Waals surface area contributed by atoms with Crippen LogP contribution < -0.4 is 4.74 Å². The maximum atomic E-state index is 5.46. The lowest BCUT2D eigenvalue weighted by Gasteiger charge is -2.48.